The topological polar surface area (TPSA) is 47.6 Å². The van der Waals surface area contributed by atoms with Crippen LogP contribution in [0.25, 0.3) is 0 Å². The average molecular weight is 477 g/mol. The van der Waals surface area contributed by atoms with Crippen molar-refractivity contribution >= 4 is 5.91 Å². The van der Waals surface area contributed by atoms with Gasteiger partial charge in [-0.2, -0.15) is 0 Å². The van der Waals surface area contributed by atoms with E-state index in [1.54, 1.807) is 36.4 Å². The number of likely N-dealkylation sites (tertiary alicyclic amines) is 2. The van der Waals surface area contributed by atoms with Gasteiger partial charge in [-0.15, -0.1) is 0 Å². The third kappa shape index (κ3) is 7.66. The second-order valence-electron chi connectivity index (χ2n) is 6.78. The van der Waals surface area contributed by atoms with Gasteiger partial charge >= 0.3 is 0 Å². The molecule has 2 N–H and O–H groups in total. The molecule has 5 heteroatoms. The van der Waals surface area contributed by atoms with Crippen LogP contribution < -0.4 is 10.6 Å². The van der Waals surface area contributed by atoms with E-state index in [-0.39, 0.29) is 9.80 Å². The van der Waals surface area contributed by atoms with Crippen LogP contribution in [-0.2, 0) is 17.9 Å². The average Bonchev–Trinajstić information content (AvgIpc) is 3.05. The molecule has 0 bridgehead atoms. The molecular formula is C28H42N4O. The third-order valence-corrected chi connectivity index (χ3v) is 4.40. The number of hydrogen-bond donors (Lipinski definition) is 2. The molecule has 2 aliphatic heterocycles. The number of amides is 1. The number of nitrogens with zero attached hydrogens (tertiary/aromatic N) is 2. The number of piperidine rings is 2. The quantitative estimate of drug-likeness (QED) is 0.666. The zero-order valence-electron chi connectivity index (χ0n) is 43.5. The van der Waals surface area contributed by atoms with Gasteiger partial charge in [0, 0.05) is 77.4 Å². The van der Waals surface area contributed by atoms with E-state index in [9.17, 15) is 4.79 Å². The monoisotopic (exact) mass is 476 g/mol. The van der Waals surface area contributed by atoms with Crippen LogP contribution in [-0.4, -0.2) is 61.2 Å². The van der Waals surface area contributed by atoms with Gasteiger partial charge in [0.1, 0.15) is 0 Å². The Morgan fingerprint density at radius 1 is 0.909 bits per heavy atom. The number of carbonyl (C=O) groups excluding carboxylic acids is 1. The van der Waals surface area contributed by atoms with Crippen molar-refractivity contribution in [1.82, 2.24) is 20.4 Å². The van der Waals surface area contributed by atoms with E-state index in [4.69, 9.17) is 35.6 Å². The highest BCUT2D eigenvalue weighted by Gasteiger charge is 2.30. The normalized spacial score (nSPS) is 55.6. The van der Waals surface area contributed by atoms with Gasteiger partial charge in [-0.3, -0.25) is 9.69 Å². The molecule has 1 amide bonds. The van der Waals surface area contributed by atoms with Crippen molar-refractivity contribution in [2.45, 2.75) is 51.6 Å². The fourth-order valence-electron chi connectivity index (χ4n) is 2.79. The molecular weight excluding hydrogens is 408 g/mol. The molecule has 0 saturated carbocycles. The third-order valence-electron chi connectivity index (χ3n) is 4.40. The molecule has 2 fully saturated rings. The molecule has 2 aromatic rings. The van der Waals surface area contributed by atoms with Crippen molar-refractivity contribution in [3.05, 3.63) is 71.8 Å². The Morgan fingerprint density at radius 2 is 1.52 bits per heavy atom. The van der Waals surface area contributed by atoms with Crippen LogP contribution in [0.3, 0.4) is 0 Å². The van der Waals surface area contributed by atoms with Gasteiger partial charge in [-0.05, 0) is 49.7 Å². The smallest absolute Gasteiger partial charge is 0.223 e. The minimum Gasteiger partial charge on any atom is -0.337 e. The second-order valence-corrected chi connectivity index (χ2v) is 6.78. The van der Waals surface area contributed by atoms with Crippen LogP contribution in [0.2, 0.25) is 0 Å². The van der Waals surface area contributed by atoms with Gasteiger partial charge in [0.2, 0.25) is 5.91 Å². The van der Waals surface area contributed by atoms with Gasteiger partial charge in [-0.1, -0.05) is 74.4 Å². The van der Waals surface area contributed by atoms with E-state index in [1.165, 1.54) is 34.9 Å². The summed E-state index contributed by atoms with van der Waals surface area (Å²) in [5.41, 5.74) is 0.645. The van der Waals surface area contributed by atoms with Gasteiger partial charge in [0.15, 0.2) is 0 Å². The first-order valence-corrected chi connectivity index (χ1v) is 9.76. The number of nitrogens with one attached hydrogen (secondary N) is 2. The minimum atomic E-state index is -3.85. The lowest BCUT2D eigenvalue weighted by atomic mass is 9.93. The van der Waals surface area contributed by atoms with Crippen LogP contribution in [0, 0.1) is 11.8 Å². The van der Waals surface area contributed by atoms with Crippen LogP contribution in [0.4, 0.5) is 0 Å². The molecule has 4 unspecified atom stereocenters. The van der Waals surface area contributed by atoms with Crippen molar-refractivity contribution in [2.75, 3.05) is 33.4 Å². The first-order valence-electron chi connectivity index (χ1n) is 22.8. The summed E-state index contributed by atoms with van der Waals surface area (Å²) in [4.78, 5) is 13.4. The number of likely N-dealkylation sites (N-methyl/N-ethyl adjacent to an activating group) is 2. The first kappa shape index (κ1) is 7.91. The Balaban J connectivity index is 0.000000316. The fraction of sp³-hybridized carbons (Fsp3) is 0.536. The molecule has 4 atom stereocenters. The predicted octanol–water partition coefficient (Wildman–Crippen LogP) is 3.76. The summed E-state index contributed by atoms with van der Waals surface area (Å²) in [6, 6.07) is 8.29. The molecule has 0 radical (unpaired) electrons. The number of carbonyl (C=O) groups is 1. The summed E-state index contributed by atoms with van der Waals surface area (Å²) in [6.45, 7) is -25.5. The highest BCUT2D eigenvalue weighted by molar-refractivity contribution is 5.77. The standard InChI is InChI=1S/C14H20N2O.C14H22N2/c1-11-8-14(17)16(10-13(11)15-2)9-12-6-4-3-5-7-12;1-12-8-9-16(11-14(12)15-2)10-13-6-4-3-5-7-13/h3-7,11,13,15H,8-10H2,1-2H3;3-7,12,14-15H,8-11H2,1-2H3/i1D3,2D3,8D2,10D2,11D,13D;1D3,2D3,8D2,9D2,11D2,12D,14D. The second kappa shape index (κ2) is 12.9. The molecule has 2 heterocycles. The van der Waals surface area contributed by atoms with E-state index in [0.717, 1.165) is 0 Å². The van der Waals surface area contributed by atoms with Crippen LogP contribution in [0.5, 0.6) is 0 Å². The van der Waals surface area contributed by atoms with Crippen LogP contribution in [0.15, 0.2) is 60.7 Å². The molecule has 33 heavy (non-hydrogen) atoms. The summed E-state index contributed by atoms with van der Waals surface area (Å²) >= 11 is 0. The van der Waals surface area contributed by atoms with Crippen molar-refractivity contribution in [1.29, 1.82) is 0 Å². The van der Waals surface area contributed by atoms with E-state index in [1.807, 2.05) is 0 Å². The molecule has 4 rings (SSSR count). The Labute approximate surface area is 237 Å². The van der Waals surface area contributed by atoms with Crippen LogP contribution in [0.1, 0.15) is 73.2 Å². The zero-order chi connectivity index (χ0) is 46.3. The summed E-state index contributed by atoms with van der Waals surface area (Å²) < 4.78 is 207. The number of rotatable bonds is 6. The molecule has 2 aromatic carbocycles. The van der Waals surface area contributed by atoms with Crippen molar-refractivity contribution in [3.63, 3.8) is 0 Å². The van der Waals surface area contributed by atoms with Crippen molar-refractivity contribution in [2.24, 2.45) is 11.8 Å². The Morgan fingerprint density at radius 3 is 2.12 bits per heavy atom. The zero-order valence-corrected chi connectivity index (χ0v) is 17.5. The van der Waals surface area contributed by atoms with Crippen molar-refractivity contribution in [3.8, 4) is 0 Å². The SMILES string of the molecule is [2H]C([2H])([2H])NC1([2H])C([2H])([2H])N(Cc2ccccc2)C(=O)C([2H])([2H])C1([2H])C([2H])([2H])[2H].[2H]C([2H])([2H])NC1([2H])C([2H])([2H])N(Cc2ccccc2)C([2H])([2H])C([2H])([2H])C1([2H])C([2H])([2H])[2H]. The Bertz CT molecular complexity index is 1810. The number of benzene rings is 2. The lowest BCUT2D eigenvalue weighted by Crippen LogP contribution is -2.51. The largest absolute Gasteiger partial charge is 0.337 e. The lowest BCUT2D eigenvalue weighted by Gasteiger charge is -2.37. The maximum Gasteiger partial charge on any atom is 0.223 e. The highest BCUT2D eigenvalue weighted by atomic mass is 16.2. The summed E-state index contributed by atoms with van der Waals surface area (Å²) in [5.74, 6) is -9.29. The maximum atomic E-state index is 12.9. The molecule has 0 aliphatic carbocycles. The van der Waals surface area contributed by atoms with E-state index in [0.29, 0.717) is 11.1 Å². The fourth-order valence-corrected chi connectivity index (χ4v) is 2.79. The molecule has 2 saturated heterocycles. The number of hydrogen-bond acceptors (Lipinski definition) is 4. The van der Waals surface area contributed by atoms with Gasteiger partial charge in [0.05, 0.1) is 2.74 Å². The van der Waals surface area contributed by atoms with Crippen molar-refractivity contribution < 1.29 is 40.4 Å². The minimum absolute atomic E-state index is 0.263. The van der Waals surface area contributed by atoms with Crippen LogP contribution >= 0.6 is 0 Å². The summed E-state index contributed by atoms with van der Waals surface area (Å²) in [6.07, 6.45) is -7.32. The lowest BCUT2D eigenvalue weighted by molar-refractivity contribution is -0.136. The van der Waals surface area contributed by atoms with E-state index in [2.05, 4.69) is 0 Å². The molecule has 0 spiro atoms. The molecule has 0 aromatic heterocycles. The summed E-state index contributed by atoms with van der Waals surface area (Å²) in [7, 11) is 0. The highest BCUT2D eigenvalue weighted by Crippen LogP contribution is 2.20. The van der Waals surface area contributed by atoms with Gasteiger partial charge in [-0.25, -0.2) is 0 Å². The van der Waals surface area contributed by atoms with E-state index < -0.39 is 103 Å². The summed E-state index contributed by atoms with van der Waals surface area (Å²) in [5, 5.41) is 3.05. The van der Waals surface area contributed by atoms with Gasteiger partial charge < -0.3 is 15.5 Å². The molecule has 2 aliphatic rings. The van der Waals surface area contributed by atoms with Gasteiger partial charge in [0.25, 0.3) is 0 Å². The van der Waals surface area contributed by atoms with E-state index >= 15 is 0 Å². The Kier molecular flexibility index (Phi) is 3.08. The maximum absolute atomic E-state index is 12.9. The predicted molar refractivity (Wildman–Crippen MR) is 137 cm³/mol. The molecule has 180 valence electrons. The molecule has 5 nitrogen and oxygen atoms in total. The first-order chi connectivity index (χ1) is 26.0. The Hall–Kier alpha value is -2.21.